The van der Waals surface area contributed by atoms with Gasteiger partial charge in [-0.3, -0.25) is 24.8 Å². The highest BCUT2D eigenvalue weighted by molar-refractivity contribution is 7.60. The van der Waals surface area contributed by atoms with E-state index in [4.69, 9.17) is 9.79 Å². The van der Waals surface area contributed by atoms with Crippen molar-refractivity contribution in [3.8, 4) is 0 Å². The summed E-state index contributed by atoms with van der Waals surface area (Å²) in [6, 6.07) is 1.28. The van der Waals surface area contributed by atoms with Crippen LogP contribution in [-0.4, -0.2) is 19.6 Å². The Morgan fingerprint density at radius 3 is 1.71 bits per heavy atom. The smallest absolute Gasteiger partial charge is 0.321 e. The first-order valence-corrected chi connectivity index (χ1v) is 5.75. The number of benzene rings is 1. The van der Waals surface area contributed by atoms with Crippen LogP contribution in [-0.2, 0) is 4.57 Å². The Kier molecular flexibility index (Phi) is 3.28. The van der Waals surface area contributed by atoms with Crippen molar-refractivity contribution in [3.63, 3.8) is 0 Å². The van der Waals surface area contributed by atoms with Crippen molar-refractivity contribution in [2.75, 3.05) is 0 Å². The van der Waals surface area contributed by atoms with E-state index in [2.05, 4.69) is 0 Å². The average Bonchev–Trinajstić information content (AvgIpc) is 2.14. The first-order chi connectivity index (χ1) is 7.64. The van der Waals surface area contributed by atoms with Crippen molar-refractivity contribution in [1.29, 1.82) is 0 Å². The largest absolute Gasteiger partial charge is 0.356 e. The molecule has 0 aliphatic rings. The van der Waals surface area contributed by atoms with Crippen molar-refractivity contribution in [2.45, 2.75) is 6.92 Å². The van der Waals surface area contributed by atoms with Gasteiger partial charge in [0.05, 0.1) is 15.2 Å². The molecule has 0 fully saturated rings. The minimum absolute atomic E-state index is 0.253. The lowest BCUT2D eigenvalue weighted by atomic mass is 10.1. The molecule has 1 aromatic carbocycles. The van der Waals surface area contributed by atoms with Crippen molar-refractivity contribution in [2.24, 2.45) is 0 Å². The lowest BCUT2D eigenvalue weighted by Gasteiger charge is -2.05. The molecular weight excluding hydrogens is 255 g/mol. The maximum absolute atomic E-state index is 10.9. The molecule has 0 bridgehead atoms. The third-order valence-electron chi connectivity index (χ3n) is 2.07. The van der Waals surface area contributed by atoms with Gasteiger partial charge in [-0.1, -0.05) is 0 Å². The predicted molar refractivity (Wildman–Crippen MR) is 56.2 cm³/mol. The molecule has 0 atom stereocenters. The van der Waals surface area contributed by atoms with Crippen molar-refractivity contribution in [3.05, 3.63) is 37.9 Å². The van der Waals surface area contributed by atoms with Gasteiger partial charge in [0.25, 0.3) is 11.4 Å². The fourth-order valence-corrected chi connectivity index (χ4v) is 1.80. The zero-order valence-corrected chi connectivity index (χ0v) is 9.33. The van der Waals surface area contributed by atoms with Crippen LogP contribution in [0.5, 0.6) is 0 Å². The van der Waals surface area contributed by atoms with E-state index < -0.39 is 34.1 Å². The van der Waals surface area contributed by atoms with Gasteiger partial charge in [0.1, 0.15) is 5.56 Å². The molecule has 0 spiro atoms. The molecule has 10 heteroatoms. The van der Waals surface area contributed by atoms with Gasteiger partial charge < -0.3 is 9.79 Å². The van der Waals surface area contributed by atoms with Crippen LogP contribution in [0, 0.1) is 27.2 Å². The lowest BCUT2D eigenvalue weighted by Crippen LogP contribution is -2.09. The fraction of sp³-hybridized carbons (Fsp3) is 0.143. The summed E-state index contributed by atoms with van der Waals surface area (Å²) in [6.45, 7) is 1.14. The van der Waals surface area contributed by atoms with Gasteiger partial charge in [-0.2, -0.15) is 0 Å². The Balaban J connectivity index is 3.65. The van der Waals surface area contributed by atoms with E-state index in [-0.39, 0.29) is 5.56 Å². The molecule has 0 aromatic heterocycles. The quantitative estimate of drug-likeness (QED) is 0.461. The highest BCUT2D eigenvalue weighted by atomic mass is 31.2. The Labute approximate surface area is 94.2 Å². The first-order valence-electron chi connectivity index (χ1n) is 4.14. The third kappa shape index (κ3) is 2.64. The number of rotatable bonds is 3. The summed E-state index contributed by atoms with van der Waals surface area (Å²) in [5.41, 5.74) is -1.65. The molecule has 0 amide bonds. The van der Waals surface area contributed by atoms with Crippen LogP contribution >= 0.6 is 7.60 Å². The normalized spacial score (nSPS) is 11.2. The minimum Gasteiger partial charge on any atom is -0.321 e. The molecule has 9 nitrogen and oxygen atoms in total. The third-order valence-corrected chi connectivity index (χ3v) is 3.00. The van der Waals surface area contributed by atoms with E-state index in [1.54, 1.807) is 0 Å². The van der Waals surface area contributed by atoms with Crippen molar-refractivity contribution >= 4 is 24.3 Å². The monoisotopic (exact) mass is 262 g/mol. The van der Waals surface area contributed by atoms with Gasteiger partial charge in [0.15, 0.2) is 0 Å². The Hall–Kier alpha value is -1.83. The van der Waals surface area contributed by atoms with Gasteiger partial charge in [-0.15, -0.1) is 0 Å². The minimum atomic E-state index is -4.78. The second kappa shape index (κ2) is 4.21. The SMILES string of the molecule is Cc1c([N+](=O)[O-])cc(P(=O)(O)O)cc1[N+](=O)[O-]. The van der Waals surface area contributed by atoms with Gasteiger partial charge in [0.2, 0.25) is 0 Å². The van der Waals surface area contributed by atoms with Gasteiger partial charge in [0, 0.05) is 12.1 Å². The van der Waals surface area contributed by atoms with Gasteiger partial charge in [-0.25, -0.2) is 0 Å². The average molecular weight is 262 g/mol. The molecule has 0 unspecified atom stereocenters. The summed E-state index contributed by atoms with van der Waals surface area (Å²) in [5, 5.41) is 20.5. The van der Waals surface area contributed by atoms with E-state index in [0.29, 0.717) is 12.1 Å². The van der Waals surface area contributed by atoms with E-state index in [0.717, 1.165) is 6.92 Å². The number of nitro groups is 2. The predicted octanol–water partition coefficient (Wildman–Crippen LogP) is 0.614. The molecule has 17 heavy (non-hydrogen) atoms. The van der Waals surface area contributed by atoms with Crippen LogP contribution < -0.4 is 5.30 Å². The molecule has 0 saturated carbocycles. The van der Waals surface area contributed by atoms with Crippen molar-refractivity contribution in [1.82, 2.24) is 0 Å². The Morgan fingerprint density at radius 1 is 1.12 bits per heavy atom. The first kappa shape index (κ1) is 13.2. The molecule has 1 rings (SSSR count). The highest BCUT2D eigenvalue weighted by Crippen LogP contribution is 2.37. The molecule has 0 aliphatic carbocycles. The summed E-state index contributed by atoms with van der Waals surface area (Å²) < 4.78 is 10.9. The fourth-order valence-electron chi connectivity index (χ4n) is 1.22. The summed E-state index contributed by atoms with van der Waals surface area (Å²) in [7, 11) is -4.78. The Morgan fingerprint density at radius 2 is 1.47 bits per heavy atom. The summed E-state index contributed by atoms with van der Waals surface area (Å²) in [4.78, 5) is 37.1. The second-order valence-corrected chi connectivity index (χ2v) is 4.77. The standard InChI is InChI=1S/C7H7N2O7P/c1-4-6(8(10)11)2-5(17(14,15)16)3-7(4)9(12)13/h2-3H,1H3,(H2,14,15,16). The van der Waals surface area contributed by atoms with E-state index in [9.17, 15) is 24.8 Å². The molecule has 0 heterocycles. The Bertz CT molecular complexity index is 514. The van der Waals surface area contributed by atoms with Crippen LogP contribution in [0.25, 0.3) is 0 Å². The van der Waals surface area contributed by atoms with Gasteiger partial charge in [-0.05, 0) is 6.92 Å². The van der Waals surface area contributed by atoms with Crippen LogP contribution in [0.3, 0.4) is 0 Å². The van der Waals surface area contributed by atoms with Crippen LogP contribution in [0.4, 0.5) is 11.4 Å². The zero-order chi connectivity index (χ0) is 13.4. The molecular formula is C7H7N2O7P. The molecule has 1 aromatic rings. The molecule has 2 N–H and O–H groups in total. The highest BCUT2D eigenvalue weighted by Gasteiger charge is 2.29. The lowest BCUT2D eigenvalue weighted by molar-refractivity contribution is -0.395. The van der Waals surface area contributed by atoms with E-state index in [1.165, 1.54) is 0 Å². The van der Waals surface area contributed by atoms with E-state index in [1.807, 2.05) is 0 Å². The summed E-state index contributed by atoms with van der Waals surface area (Å²) >= 11 is 0. The van der Waals surface area contributed by atoms with Crippen molar-refractivity contribution < 1.29 is 24.2 Å². The molecule has 0 radical (unpaired) electrons. The van der Waals surface area contributed by atoms with Gasteiger partial charge >= 0.3 is 7.60 Å². The number of hydrogen-bond acceptors (Lipinski definition) is 5. The molecule has 0 saturated heterocycles. The number of hydrogen-bond donors (Lipinski definition) is 2. The second-order valence-electron chi connectivity index (χ2n) is 3.17. The summed E-state index contributed by atoms with van der Waals surface area (Å²) in [6.07, 6.45) is 0. The van der Waals surface area contributed by atoms with E-state index >= 15 is 0 Å². The van der Waals surface area contributed by atoms with Crippen LogP contribution in [0.2, 0.25) is 0 Å². The topological polar surface area (TPSA) is 144 Å². The molecule has 0 aliphatic heterocycles. The zero-order valence-electron chi connectivity index (χ0n) is 8.43. The number of nitrogens with zero attached hydrogens (tertiary/aromatic N) is 2. The maximum atomic E-state index is 10.9. The summed E-state index contributed by atoms with van der Waals surface area (Å²) in [5.74, 6) is 0. The number of nitro benzene ring substituents is 2. The van der Waals surface area contributed by atoms with Crippen LogP contribution in [0.1, 0.15) is 5.56 Å². The maximum Gasteiger partial charge on any atom is 0.356 e. The van der Waals surface area contributed by atoms with Crippen LogP contribution in [0.15, 0.2) is 12.1 Å². The molecule has 92 valence electrons.